The first-order valence-corrected chi connectivity index (χ1v) is 12.3. The van der Waals surface area contributed by atoms with E-state index in [0.717, 1.165) is 18.5 Å². The Balaban J connectivity index is 1.57. The van der Waals surface area contributed by atoms with Crippen LogP contribution >= 0.6 is 0 Å². The summed E-state index contributed by atoms with van der Waals surface area (Å²) in [6, 6.07) is 6.63. The SMILES string of the molecule is Cc1cc(CN2C(=O)c3cc(S(=O)(=O)NC4(C)CC4)ccc3N3C2=NCC3C(C)C)on1. The van der Waals surface area contributed by atoms with E-state index in [1.54, 1.807) is 23.1 Å². The van der Waals surface area contributed by atoms with Crippen LogP contribution < -0.4 is 9.62 Å². The van der Waals surface area contributed by atoms with E-state index in [-0.39, 0.29) is 29.3 Å². The lowest BCUT2D eigenvalue weighted by atomic mass is 10.00. The quantitative estimate of drug-likeness (QED) is 0.715. The molecule has 1 aliphatic carbocycles. The van der Waals surface area contributed by atoms with Gasteiger partial charge in [-0.15, -0.1) is 0 Å². The summed E-state index contributed by atoms with van der Waals surface area (Å²) in [5.41, 5.74) is 1.36. The monoisotopic (exact) mass is 457 g/mol. The number of hydrogen-bond donors (Lipinski definition) is 1. The molecule has 0 radical (unpaired) electrons. The number of hydrogen-bond acceptors (Lipinski definition) is 7. The number of aryl methyl sites for hydroxylation is 1. The molecule has 1 N–H and O–H groups in total. The number of carbonyl (C=O) groups is 1. The fourth-order valence-corrected chi connectivity index (χ4v) is 5.74. The molecule has 5 rings (SSSR count). The number of carbonyl (C=O) groups excluding carboxylic acids is 1. The van der Waals surface area contributed by atoms with Gasteiger partial charge in [0.1, 0.15) is 0 Å². The molecule has 2 aliphatic heterocycles. The molecule has 1 aromatic heterocycles. The average molecular weight is 458 g/mol. The Bertz CT molecular complexity index is 1230. The second-order valence-corrected chi connectivity index (χ2v) is 11.2. The Hall–Kier alpha value is -2.72. The highest BCUT2D eigenvalue weighted by atomic mass is 32.2. The van der Waals surface area contributed by atoms with Gasteiger partial charge in [0, 0.05) is 11.6 Å². The summed E-state index contributed by atoms with van der Waals surface area (Å²) in [4.78, 5) is 21.9. The van der Waals surface area contributed by atoms with E-state index in [4.69, 9.17) is 4.52 Å². The molecule has 1 amide bonds. The highest BCUT2D eigenvalue weighted by Gasteiger charge is 2.45. The van der Waals surface area contributed by atoms with Gasteiger partial charge in [0.15, 0.2) is 5.76 Å². The predicted octanol–water partition coefficient (Wildman–Crippen LogP) is 2.67. The Labute approximate surface area is 187 Å². The van der Waals surface area contributed by atoms with Gasteiger partial charge >= 0.3 is 0 Å². The zero-order valence-corrected chi connectivity index (χ0v) is 19.4. The minimum absolute atomic E-state index is 0.0711. The standard InChI is InChI=1S/C22H27N5O4S/c1-13(2)19-11-23-21-26(12-15-9-14(3)24-31-15)20(28)17-10-16(5-6-18(17)27(19)21)32(29,30)25-22(4)7-8-22/h5-6,9-10,13,19,25H,7-8,11-12H2,1-4H3. The van der Waals surface area contributed by atoms with Crippen molar-refractivity contribution in [3.63, 3.8) is 0 Å². The molecule has 0 saturated heterocycles. The molecule has 1 atom stereocenters. The lowest BCUT2D eigenvalue weighted by Gasteiger charge is -2.39. The van der Waals surface area contributed by atoms with Crippen LogP contribution in [-0.2, 0) is 16.6 Å². The zero-order chi connectivity index (χ0) is 22.8. The number of guanidine groups is 1. The summed E-state index contributed by atoms with van der Waals surface area (Å²) < 4.78 is 34.0. The van der Waals surface area contributed by atoms with Gasteiger partial charge < -0.3 is 9.42 Å². The maximum absolute atomic E-state index is 13.6. The Morgan fingerprint density at radius 2 is 2.03 bits per heavy atom. The number of nitrogens with one attached hydrogen (secondary N) is 1. The Kier molecular flexibility index (Phi) is 4.72. The molecular weight excluding hydrogens is 430 g/mol. The third-order valence-electron chi connectivity index (χ3n) is 6.36. The van der Waals surface area contributed by atoms with Crippen molar-refractivity contribution in [1.29, 1.82) is 0 Å². The Morgan fingerprint density at radius 1 is 1.28 bits per heavy atom. The number of benzene rings is 1. The molecule has 9 nitrogen and oxygen atoms in total. The third-order valence-corrected chi connectivity index (χ3v) is 8.00. The van der Waals surface area contributed by atoms with E-state index in [9.17, 15) is 13.2 Å². The summed E-state index contributed by atoms with van der Waals surface area (Å²) in [6.07, 6.45) is 1.62. The van der Waals surface area contributed by atoms with E-state index in [2.05, 4.69) is 33.6 Å². The average Bonchev–Trinajstić information content (AvgIpc) is 3.12. The van der Waals surface area contributed by atoms with Gasteiger partial charge in [0.25, 0.3) is 5.91 Å². The number of fused-ring (bicyclic) bond motifs is 3. The molecule has 3 aliphatic rings. The first kappa shape index (κ1) is 21.1. The maximum Gasteiger partial charge on any atom is 0.263 e. The first-order valence-electron chi connectivity index (χ1n) is 10.8. The van der Waals surface area contributed by atoms with Gasteiger partial charge in [-0.3, -0.25) is 14.7 Å². The van der Waals surface area contributed by atoms with E-state index in [1.807, 2.05) is 13.8 Å². The minimum atomic E-state index is -3.74. The lowest BCUT2D eigenvalue weighted by molar-refractivity contribution is 0.0822. The topological polar surface area (TPSA) is 108 Å². The number of rotatable bonds is 6. The second-order valence-electron chi connectivity index (χ2n) is 9.49. The number of aliphatic imine (C=N–C) groups is 1. The molecule has 32 heavy (non-hydrogen) atoms. The molecule has 170 valence electrons. The van der Waals surface area contributed by atoms with Gasteiger partial charge in [-0.2, -0.15) is 0 Å². The van der Waals surface area contributed by atoms with Crippen LogP contribution in [-0.4, -0.2) is 48.5 Å². The number of aromatic nitrogens is 1. The van der Waals surface area contributed by atoms with Gasteiger partial charge in [0.05, 0.1) is 41.0 Å². The Morgan fingerprint density at radius 3 is 2.66 bits per heavy atom. The van der Waals surface area contributed by atoms with Crippen molar-refractivity contribution in [2.45, 2.75) is 63.6 Å². The highest BCUT2D eigenvalue weighted by Crippen LogP contribution is 2.39. The third kappa shape index (κ3) is 3.51. The van der Waals surface area contributed by atoms with E-state index >= 15 is 0 Å². The summed E-state index contributed by atoms with van der Waals surface area (Å²) in [7, 11) is -3.74. The molecular formula is C22H27N5O4S. The zero-order valence-electron chi connectivity index (χ0n) is 18.6. The van der Waals surface area contributed by atoms with E-state index in [1.165, 1.54) is 6.07 Å². The summed E-state index contributed by atoms with van der Waals surface area (Å²) in [5, 5.41) is 3.91. The molecule has 1 unspecified atom stereocenters. The fraction of sp³-hybridized carbons (Fsp3) is 0.500. The molecule has 3 heterocycles. The van der Waals surface area contributed by atoms with Crippen LogP contribution in [0.3, 0.4) is 0 Å². The summed E-state index contributed by atoms with van der Waals surface area (Å²) >= 11 is 0. The molecule has 2 aromatic rings. The summed E-state index contributed by atoms with van der Waals surface area (Å²) in [5.74, 6) is 1.09. The van der Waals surface area contributed by atoms with Gasteiger partial charge in [-0.1, -0.05) is 19.0 Å². The maximum atomic E-state index is 13.6. The fourth-order valence-electron chi connectivity index (χ4n) is 4.25. The van der Waals surface area contributed by atoms with E-state index in [0.29, 0.717) is 29.5 Å². The number of nitrogens with zero attached hydrogens (tertiary/aromatic N) is 4. The van der Waals surface area contributed by atoms with Crippen LogP contribution in [0.15, 0.2) is 38.7 Å². The van der Waals surface area contributed by atoms with Crippen LogP contribution in [0.25, 0.3) is 0 Å². The van der Waals surface area contributed by atoms with Crippen molar-refractivity contribution in [2.75, 3.05) is 11.4 Å². The molecule has 1 aromatic carbocycles. The van der Waals surface area contributed by atoms with Gasteiger partial charge in [0.2, 0.25) is 16.0 Å². The van der Waals surface area contributed by atoms with Crippen LogP contribution in [0.2, 0.25) is 0 Å². The number of amides is 1. The number of anilines is 1. The van der Waals surface area contributed by atoms with Gasteiger partial charge in [-0.05, 0) is 50.8 Å². The van der Waals surface area contributed by atoms with Crippen molar-refractivity contribution < 1.29 is 17.7 Å². The van der Waals surface area contributed by atoms with Crippen molar-refractivity contribution in [1.82, 2.24) is 14.8 Å². The largest absolute Gasteiger partial charge is 0.359 e. The van der Waals surface area contributed by atoms with E-state index < -0.39 is 15.6 Å². The van der Waals surface area contributed by atoms with Crippen molar-refractivity contribution in [3.05, 3.63) is 41.3 Å². The van der Waals surface area contributed by atoms with Crippen LogP contribution in [0.1, 0.15) is 55.4 Å². The normalized spacial score (nSPS) is 21.6. The predicted molar refractivity (Wildman–Crippen MR) is 119 cm³/mol. The van der Waals surface area contributed by atoms with Crippen molar-refractivity contribution >= 4 is 27.6 Å². The highest BCUT2D eigenvalue weighted by molar-refractivity contribution is 7.89. The van der Waals surface area contributed by atoms with Gasteiger partial charge in [-0.25, -0.2) is 13.1 Å². The first-order chi connectivity index (χ1) is 15.1. The van der Waals surface area contributed by atoms with Crippen molar-refractivity contribution in [3.8, 4) is 0 Å². The smallest absolute Gasteiger partial charge is 0.263 e. The number of sulfonamides is 1. The second kappa shape index (κ2) is 7.14. The molecule has 0 spiro atoms. The van der Waals surface area contributed by atoms with Crippen LogP contribution in [0.5, 0.6) is 0 Å². The summed E-state index contributed by atoms with van der Waals surface area (Å²) in [6.45, 7) is 8.66. The van der Waals surface area contributed by atoms with Crippen molar-refractivity contribution in [2.24, 2.45) is 10.9 Å². The minimum Gasteiger partial charge on any atom is -0.359 e. The molecule has 1 saturated carbocycles. The van der Waals surface area contributed by atoms with Crippen LogP contribution in [0, 0.1) is 12.8 Å². The molecule has 10 heteroatoms. The van der Waals surface area contributed by atoms with Crippen LogP contribution in [0.4, 0.5) is 5.69 Å². The molecule has 0 bridgehead atoms. The lowest BCUT2D eigenvalue weighted by Crippen LogP contribution is -2.53. The molecule has 1 fully saturated rings.